The highest BCUT2D eigenvalue weighted by Gasteiger charge is 2.18. The Morgan fingerprint density at radius 3 is 2.72 bits per heavy atom. The van der Waals surface area contributed by atoms with Crippen LogP contribution in [0.15, 0.2) is 18.2 Å². The van der Waals surface area contributed by atoms with E-state index in [4.69, 9.17) is 10.8 Å². The van der Waals surface area contributed by atoms with Gasteiger partial charge in [0.25, 0.3) is 5.91 Å². The molecule has 4 N–H and O–H groups in total. The number of amides is 1. The van der Waals surface area contributed by atoms with Crippen LogP contribution in [0.4, 0.5) is 10.1 Å². The first kappa shape index (κ1) is 14.4. The van der Waals surface area contributed by atoms with Crippen molar-refractivity contribution in [2.75, 3.05) is 12.3 Å². The monoisotopic (exact) mass is 254 g/mol. The second-order valence-corrected chi connectivity index (χ2v) is 4.57. The minimum Gasteiger partial charge on any atom is -0.398 e. The number of rotatable bonds is 5. The van der Waals surface area contributed by atoms with Gasteiger partial charge >= 0.3 is 0 Å². The van der Waals surface area contributed by atoms with Gasteiger partial charge in [-0.2, -0.15) is 0 Å². The van der Waals surface area contributed by atoms with Crippen molar-refractivity contribution in [2.24, 2.45) is 5.92 Å². The zero-order chi connectivity index (χ0) is 13.7. The molecule has 5 heteroatoms. The molecule has 1 aromatic carbocycles. The molecule has 0 aromatic heterocycles. The molecule has 1 aromatic rings. The number of nitrogens with one attached hydrogen (secondary N) is 1. The van der Waals surface area contributed by atoms with Crippen LogP contribution in [0, 0.1) is 11.7 Å². The lowest BCUT2D eigenvalue weighted by molar-refractivity contribution is 0.0917. The largest absolute Gasteiger partial charge is 0.398 e. The van der Waals surface area contributed by atoms with Crippen molar-refractivity contribution in [2.45, 2.75) is 26.3 Å². The SMILES string of the molecule is CC(C)C(CCO)NC(=O)c1cc(F)ccc1N. The molecule has 0 bridgehead atoms. The van der Waals surface area contributed by atoms with E-state index in [1.165, 1.54) is 12.1 Å². The van der Waals surface area contributed by atoms with Gasteiger partial charge in [-0.05, 0) is 30.5 Å². The lowest BCUT2D eigenvalue weighted by atomic mass is 10.0. The van der Waals surface area contributed by atoms with Crippen molar-refractivity contribution in [3.05, 3.63) is 29.6 Å². The van der Waals surface area contributed by atoms with Gasteiger partial charge in [-0.3, -0.25) is 4.79 Å². The Balaban J connectivity index is 2.83. The maximum Gasteiger partial charge on any atom is 0.253 e. The molecular formula is C13H19FN2O2. The van der Waals surface area contributed by atoms with E-state index >= 15 is 0 Å². The fourth-order valence-corrected chi connectivity index (χ4v) is 1.68. The Labute approximate surface area is 106 Å². The molecule has 0 saturated carbocycles. The summed E-state index contributed by atoms with van der Waals surface area (Å²) in [5.41, 5.74) is 6.00. The molecule has 0 saturated heterocycles. The number of carbonyl (C=O) groups excluding carboxylic acids is 1. The summed E-state index contributed by atoms with van der Waals surface area (Å²) in [4.78, 5) is 12.0. The zero-order valence-electron chi connectivity index (χ0n) is 10.6. The molecule has 1 atom stereocenters. The van der Waals surface area contributed by atoms with E-state index in [0.29, 0.717) is 6.42 Å². The molecule has 0 heterocycles. The van der Waals surface area contributed by atoms with Gasteiger partial charge in [-0.15, -0.1) is 0 Å². The van der Waals surface area contributed by atoms with Gasteiger partial charge in [0.1, 0.15) is 5.82 Å². The van der Waals surface area contributed by atoms with Crippen molar-refractivity contribution in [3.63, 3.8) is 0 Å². The number of benzene rings is 1. The molecule has 1 amide bonds. The van der Waals surface area contributed by atoms with Crippen molar-refractivity contribution in [1.29, 1.82) is 0 Å². The van der Waals surface area contributed by atoms with E-state index < -0.39 is 11.7 Å². The van der Waals surface area contributed by atoms with Crippen LogP contribution in [0.25, 0.3) is 0 Å². The number of nitrogen functional groups attached to an aromatic ring is 1. The van der Waals surface area contributed by atoms with E-state index in [1.54, 1.807) is 0 Å². The van der Waals surface area contributed by atoms with Gasteiger partial charge in [0.15, 0.2) is 0 Å². The summed E-state index contributed by atoms with van der Waals surface area (Å²) in [5, 5.41) is 11.7. The van der Waals surface area contributed by atoms with Crippen molar-refractivity contribution < 1.29 is 14.3 Å². The van der Waals surface area contributed by atoms with Gasteiger partial charge in [0.2, 0.25) is 0 Å². The number of carbonyl (C=O) groups is 1. The molecule has 1 rings (SSSR count). The fraction of sp³-hybridized carbons (Fsp3) is 0.462. The number of nitrogens with two attached hydrogens (primary N) is 1. The van der Waals surface area contributed by atoms with Crippen LogP contribution in [-0.4, -0.2) is 23.7 Å². The smallest absolute Gasteiger partial charge is 0.253 e. The van der Waals surface area contributed by atoms with Crippen LogP contribution in [0.5, 0.6) is 0 Å². The first-order valence-electron chi connectivity index (χ1n) is 5.92. The van der Waals surface area contributed by atoms with Crippen LogP contribution in [0.2, 0.25) is 0 Å². The highest BCUT2D eigenvalue weighted by atomic mass is 19.1. The third-order valence-electron chi connectivity index (χ3n) is 2.82. The van der Waals surface area contributed by atoms with Crippen molar-refractivity contribution in [3.8, 4) is 0 Å². The van der Waals surface area contributed by atoms with Crippen molar-refractivity contribution >= 4 is 11.6 Å². The van der Waals surface area contributed by atoms with E-state index in [9.17, 15) is 9.18 Å². The predicted molar refractivity (Wildman–Crippen MR) is 68.6 cm³/mol. The Kier molecular flexibility index (Phi) is 5.09. The van der Waals surface area contributed by atoms with E-state index in [2.05, 4.69) is 5.32 Å². The molecule has 1 unspecified atom stereocenters. The number of aliphatic hydroxyl groups excluding tert-OH is 1. The Morgan fingerprint density at radius 2 is 2.17 bits per heavy atom. The highest BCUT2D eigenvalue weighted by molar-refractivity contribution is 5.99. The van der Waals surface area contributed by atoms with E-state index in [1.807, 2.05) is 13.8 Å². The number of halogens is 1. The second kappa shape index (κ2) is 6.35. The maximum atomic E-state index is 13.1. The minimum absolute atomic E-state index is 0.0121. The first-order valence-corrected chi connectivity index (χ1v) is 5.92. The summed E-state index contributed by atoms with van der Waals surface area (Å²) in [6, 6.07) is 3.52. The van der Waals surface area contributed by atoms with E-state index in [0.717, 1.165) is 6.07 Å². The third-order valence-corrected chi connectivity index (χ3v) is 2.82. The van der Waals surface area contributed by atoms with Crippen molar-refractivity contribution in [1.82, 2.24) is 5.32 Å². The lowest BCUT2D eigenvalue weighted by Gasteiger charge is -2.21. The summed E-state index contributed by atoms with van der Waals surface area (Å²) >= 11 is 0. The second-order valence-electron chi connectivity index (χ2n) is 4.57. The average Bonchev–Trinajstić information content (AvgIpc) is 2.31. The third kappa shape index (κ3) is 3.70. The zero-order valence-corrected chi connectivity index (χ0v) is 10.6. The van der Waals surface area contributed by atoms with E-state index in [-0.39, 0.29) is 29.8 Å². The van der Waals surface area contributed by atoms with Gasteiger partial charge in [-0.1, -0.05) is 13.8 Å². The highest BCUT2D eigenvalue weighted by Crippen LogP contribution is 2.14. The van der Waals surface area contributed by atoms with Gasteiger partial charge in [0.05, 0.1) is 5.56 Å². The molecule has 0 aliphatic carbocycles. The quantitative estimate of drug-likeness (QED) is 0.698. The average molecular weight is 254 g/mol. The Bertz CT molecular complexity index is 421. The van der Waals surface area contributed by atoms with Crippen LogP contribution in [0.1, 0.15) is 30.6 Å². The Hall–Kier alpha value is -1.62. The molecule has 0 spiro atoms. The number of hydrogen-bond donors (Lipinski definition) is 3. The summed E-state index contributed by atoms with van der Waals surface area (Å²) < 4.78 is 13.1. The first-order chi connectivity index (χ1) is 8.45. The van der Waals surface area contributed by atoms with Gasteiger partial charge in [0, 0.05) is 18.3 Å². The summed E-state index contributed by atoms with van der Waals surface area (Å²) in [6.07, 6.45) is 0.457. The molecule has 4 nitrogen and oxygen atoms in total. The maximum absolute atomic E-state index is 13.1. The number of anilines is 1. The molecule has 0 fully saturated rings. The summed E-state index contributed by atoms with van der Waals surface area (Å²) in [6.45, 7) is 3.87. The van der Waals surface area contributed by atoms with Gasteiger partial charge < -0.3 is 16.2 Å². The standard InChI is InChI=1S/C13H19FN2O2/c1-8(2)12(5-6-17)16-13(18)10-7-9(14)3-4-11(10)15/h3-4,7-8,12,17H,5-6,15H2,1-2H3,(H,16,18). The van der Waals surface area contributed by atoms with Gasteiger partial charge in [-0.25, -0.2) is 4.39 Å². The lowest BCUT2D eigenvalue weighted by Crippen LogP contribution is -2.39. The number of aliphatic hydroxyl groups is 1. The molecule has 0 aliphatic rings. The molecular weight excluding hydrogens is 235 g/mol. The molecule has 18 heavy (non-hydrogen) atoms. The van der Waals surface area contributed by atoms with Crippen LogP contribution < -0.4 is 11.1 Å². The fourth-order valence-electron chi connectivity index (χ4n) is 1.68. The number of hydrogen-bond acceptors (Lipinski definition) is 3. The Morgan fingerprint density at radius 1 is 1.50 bits per heavy atom. The molecule has 0 aliphatic heterocycles. The molecule has 100 valence electrons. The predicted octanol–water partition coefficient (Wildman–Crippen LogP) is 1.54. The minimum atomic E-state index is -0.502. The summed E-state index contributed by atoms with van der Waals surface area (Å²) in [7, 11) is 0. The van der Waals surface area contributed by atoms with Crippen LogP contribution in [-0.2, 0) is 0 Å². The summed E-state index contributed by atoms with van der Waals surface area (Å²) in [5.74, 6) is -0.743. The van der Waals surface area contributed by atoms with Crippen LogP contribution >= 0.6 is 0 Å². The normalized spacial score (nSPS) is 12.5. The molecule has 0 radical (unpaired) electrons. The van der Waals surface area contributed by atoms with Crippen LogP contribution in [0.3, 0.4) is 0 Å². The topological polar surface area (TPSA) is 75.3 Å².